The molecule has 1 heterocycles. The van der Waals surface area contributed by atoms with Gasteiger partial charge in [0.15, 0.2) is 6.29 Å². The smallest absolute Gasteiger partial charge is 0.161 e. The summed E-state index contributed by atoms with van der Waals surface area (Å²) in [5.74, 6) is 0.567. The van der Waals surface area contributed by atoms with E-state index in [9.17, 15) is 9.18 Å². The molecule has 5 heteroatoms. The minimum Gasteiger partial charge on any atom is -0.297 e. The Morgan fingerprint density at radius 2 is 2.35 bits per heavy atom. The fraction of sp³-hybridized carbons (Fsp3) is 0.167. The Bertz CT molecular complexity index is 539. The van der Waals surface area contributed by atoms with Crippen LogP contribution >= 0.6 is 23.1 Å². The van der Waals surface area contributed by atoms with E-state index in [2.05, 4.69) is 4.98 Å². The monoisotopic (exact) mass is 267 g/mol. The van der Waals surface area contributed by atoms with Crippen molar-refractivity contribution < 1.29 is 9.18 Å². The Morgan fingerprint density at radius 1 is 1.53 bits per heavy atom. The van der Waals surface area contributed by atoms with Gasteiger partial charge in [-0.2, -0.15) is 0 Å². The van der Waals surface area contributed by atoms with Gasteiger partial charge in [0.2, 0.25) is 0 Å². The SMILES string of the molecule is CCSc1cccc(F)c1-c1ncc(C=O)s1. The molecule has 2 aromatic rings. The zero-order chi connectivity index (χ0) is 12.3. The van der Waals surface area contributed by atoms with Gasteiger partial charge in [0.25, 0.3) is 0 Å². The quantitative estimate of drug-likeness (QED) is 0.622. The van der Waals surface area contributed by atoms with Crippen LogP contribution in [0.4, 0.5) is 4.39 Å². The molecule has 1 aromatic carbocycles. The van der Waals surface area contributed by atoms with Crippen LogP contribution in [0.3, 0.4) is 0 Å². The zero-order valence-corrected chi connectivity index (χ0v) is 10.8. The molecule has 88 valence electrons. The van der Waals surface area contributed by atoms with Crippen LogP contribution in [-0.4, -0.2) is 17.0 Å². The summed E-state index contributed by atoms with van der Waals surface area (Å²) in [5.41, 5.74) is 0.498. The summed E-state index contributed by atoms with van der Waals surface area (Å²) in [6, 6.07) is 4.97. The highest BCUT2D eigenvalue weighted by Crippen LogP contribution is 2.35. The first-order chi connectivity index (χ1) is 8.26. The molecule has 0 saturated carbocycles. The molecule has 0 atom stereocenters. The van der Waals surface area contributed by atoms with Gasteiger partial charge in [0, 0.05) is 11.1 Å². The van der Waals surface area contributed by atoms with Gasteiger partial charge in [-0.25, -0.2) is 9.37 Å². The molecule has 0 aliphatic carbocycles. The molecule has 0 bridgehead atoms. The lowest BCUT2D eigenvalue weighted by atomic mass is 10.2. The summed E-state index contributed by atoms with van der Waals surface area (Å²) in [6.45, 7) is 2.01. The highest BCUT2D eigenvalue weighted by molar-refractivity contribution is 7.99. The van der Waals surface area contributed by atoms with Crippen molar-refractivity contribution in [3.05, 3.63) is 35.1 Å². The Morgan fingerprint density at radius 3 is 3.00 bits per heavy atom. The number of nitrogens with zero attached hydrogens (tertiary/aromatic N) is 1. The van der Waals surface area contributed by atoms with E-state index in [0.717, 1.165) is 16.9 Å². The number of thiazole rings is 1. The third-order valence-corrected chi connectivity index (χ3v) is 4.01. The van der Waals surface area contributed by atoms with Gasteiger partial charge in [0.1, 0.15) is 10.8 Å². The largest absolute Gasteiger partial charge is 0.297 e. The van der Waals surface area contributed by atoms with Crippen molar-refractivity contribution in [3.63, 3.8) is 0 Å². The maximum atomic E-state index is 13.8. The van der Waals surface area contributed by atoms with Crippen molar-refractivity contribution in [3.8, 4) is 10.6 Å². The highest BCUT2D eigenvalue weighted by Gasteiger charge is 2.14. The minimum absolute atomic E-state index is 0.296. The van der Waals surface area contributed by atoms with Crippen molar-refractivity contribution in [2.45, 2.75) is 11.8 Å². The lowest BCUT2D eigenvalue weighted by molar-refractivity contribution is 0.112. The number of thioether (sulfide) groups is 1. The average molecular weight is 267 g/mol. The molecule has 0 aliphatic rings. The van der Waals surface area contributed by atoms with Crippen molar-refractivity contribution in [1.82, 2.24) is 4.98 Å². The van der Waals surface area contributed by atoms with Gasteiger partial charge in [-0.15, -0.1) is 23.1 Å². The summed E-state index contributed by atoms with van der Waals surface area (Å²) in [7, 11) is 0. The molecule has 17 heavy (non-hydrogen) atoms. The third-order valence-electron chi connectivity index (χ3n) is 2.13. The molecule has 0 saturated heterocycles. The molecule has 0 aliphatic heterocycles. The lowest BCUT2D eigenvalue weighted by Crippen LogP contribution is -1.87. The van der Waals surface area contributed by atoms with Gasteiger partial charge in [-0.3, -0.25) is 4.79 Å². The Hall–Kier alpha value is -1.20. The Labute approximate surface area is 107 Å². The van der Waals surface area contributed by atoms with Crippen LogP contribution in [-0.2, 0) is 0 Å². The highest BCUT2D eigenvalue weighted by atomic mass is 32.2. The molecule has 1 aromatic heterocycles. The van der Waals surface area contributed by atoms with Crippen LogP contribution < -0.4 is 0 Å². The predicted molar refractivity (Wildman–Crippen MR) is 69.3 cm³/mol. The summed E-state index contributed by atoms with van der Waals surface area (Å²) in [4.78, 5) is 16.1. The van der Waals surface area contributed by atoms with Gasteiger partial charge in [0.05, 0.1) is 10.4 Å². The molecule has 0 amide bonds. The number of carbonyl (C=O) groups is 1. The van der Waals surface area contributed by atoms with Crippen LogP contribution in [0, 0.1) is 5.82 Å². The van der Waals surface area contributed by atoms with Gasteiger partial charge < -0.3 is 0 Å². The molecule has 2 nitrogen and oxygen atoms in total. The number of hydrogen-bond acceptors (Lipinski definition) is 4. The summed E-state index contributed by atoms with van der Waals surface area (Å²) in [6.07, 6.45) is 2.20. The topological polar surface area (TPSA) is 30.0 Å². The second kappa shape index (κ2) is 5.42. The average Bonchev–Trinajstić information content (AvgIpc) is 2.78. The van der Waals surface area contributed by atoms with E-state index < -0.39 is 0 Å². The van der Waals surface area contributed by atoms with Crippen molar-refractivity contribution >= 4 is 29.4 Å². The van der Waals surface area contributed by atoms with Crippen molar-refractivity contribution in [2.24, 2.45) is 0 Å². The van der Waals surface area contributed by atoms with Crippen LogP contribution in [0.5, 0.6) is 0 Å². The second-order valence-corrected chi connectivity index (χ2v) is 5.60. The number of rotatable bonds is 4. The number of hydrogen-bond donors (Lipinski definition) is 0. The van der Waals surface area contributed by atoms with Crippen LogP contribution in [0.1, 0.15) is 16.6 Å². The molecule has 0 unspecified atom stereocenters. The van der Waals surface area contributed by atoms with Gasteiger partial charge in [-0.05, 0) is 17.9 Å². The molecule has 0 radical (unpaired) electrons. The van der Waals surface area contributed by atoms with E-state index in [4.69, 9.17) is 0 Å². The standard InChI is InChI=1S/C12H10FNOS2/c1-2-16-10-5-3-4-9(13)11(10)12-14-6-8(7-15)17-12/h3-7H,2H2,1H3. The summed E-state index contributed by atoms with van der Waals surface area (Å²) >= 11 is 2.77. The number of halogens is 1. The third kappa shape index (κ3) is 2.56. The number of benzene rings is 1. The normalized spacial score (nSPS) is 10.5. The number of carbonyl (C=O) groups excluding carboxylic acids is 1. The van der Waals surface area contributed by atoms with Crippen molar-refractivity contribution in [1.29, 1.82) is 0 Å². The number of aromatic nitrogens is 1. The molecular weight excluding hydrogens is 257 g/mol. The van der Waals surface area contributed by atoms with Gasteiger partial charge >= 0.3 is 0 Å². The fourth-order valence-electron chi connectivity index (χ4n) is 1.44. The lowest BCUT2D eigenvalue weighted by Gasteiger charge is -2.06. The molecular formula is C12H10FNOS2. The van der Waals surface area contributed by atoms with E-state index in [1.165, 1.54) is 23.6 Å². The van der Waals surface area contributed by atoms with E-state index in [0.29, 0.717) is 15.4 Å². The van der Waals surface area contributed by atoms with E-state index >= 15 is 0 Å². The molecule has 0 N–H and O–H groups in total. The number of aldehydes is 1. The van der Waals surface area contributed by atoms with E-state index in [-0.39, 0.29) is 5.82 Å². The van der Waals surface area contributed by atoms with Crippen LogP contribution in [0.2, 0.25) is 0 Å². The van der Waals surface area contributed by atoms with Gasteiger partial charge in [-0.1, -0.05) is 13.0 Å². The molecule has 0 spiro atoms. The Kier molecular flexibility index (Phi) is 3.91. The first-order valence-corrected chi connectivity index (χ1v) is 6.89. The summed E-state index contributed by atoms with van der Waals surface area (Å²) < 4.78 is 13.8. The summed E-state index contributed by atoms with van der Waals surface area (Å²) in [5, 5.41) is 0.557. The predicted octanol–water partition coefficient (Wildman–Crippen LogP) is 3.87. The maximum absolute atomic E-state index is 13.8. The molecule has 2 rings (SSSR count). The van der Waals surface area contributed by atoms with Crippen LogP contribution in [0.25, 0.3) is 10.6 Å². The van der Waals surface area contributed by atoms with E-state index in [1.807, 2.05) is 13.0 Å². The van der Waals surface area contributed by atoms with E-state index in [1.54, 1.807) is 17.8 Å². The second-order valence-electron chi connectivity index (χ2n) is 3.23. The van der Waals surface area contributed by atoms with Crippen molar-refractivity contribution in [2.75, 3.05) is 5.75 Å². The maximum Gasteiger partial charge on any atom is 0.161 e. The Balaban J connectivity index is 2.52. The minimum atomic E-state index is -0.296. The first kappa shape index (κ1) is 12.3. The molecule has 0 fully saturated rings. The fourth-order valence-corrected chi connectivity index (χ4v) is 3.12. The van der Waals surface area contributed by atoms with Crippen LogP contribution in [0.15, 0.2) is 29.3 Å². The first-order valence-electron chi connectivity index (χ1n) is 5.09. The zero-order valence-electron chi connectivity index (χ0n) is 9.14.